The van der Waals surface area contributed by atoms with Gasteiger partial charge in [0.1, 0.15) is 0 Å². The summed E-state index contributed by atoms with van der Waals surface area (Å²) in [4.78, 5) is 17.7. The van der Waals surface area contributed by atoms with Crippen molar-refractivity contribution in [2.24, 2.45) is 5.92 Å². The average molecular weight is 468 g/mol. The van der Waals surface area contributed by atoms with Gasteiger partial charge in [0.2, 0.25) is 5.91 Å². The summed E-state index contributed by atoms with van der Waals surface area (Å²) >= 11 is 18.6. The molecule has 0 saturated carbocycles. The Balaban J connectivity index is 1.75. The lowest BCUT2D eigenvalue weighted by Gasteiger charge is -2.32. The van der Waals surface area contributed by atoms with Crippen molar-refractivity contribution in [2.75, 3.05) is 26.7 Å². The third-order valence-corrected chi connectivity index (χ3v) is 6.77. The number of carbonyl (C=O) groups is 1. The van der Waals surface area contributed by atoms with E-state index in [4.69, 9.17) is 34.8 Å². The zero-order valence-electron chi connectivity index (χ0n) is 17.6. The van der Waals surface area contributed by atoms with Crippen molar-refractivity contribution in [1.29, 1.82) is 0 Å². The number of hydrogen-bond acceptors (Lipinski definition) is 2. The monoisotopic (exact) mass is 466 g/mol. The Morgan fingerprint density at radius 3 is 2.33 bits per heavy atom. The number of rotatable bonds is 7. The molecule has 0 radical (unpaired) electrons. The molecule has 0 bridgehead atoms. The van der Waals surface area contributed by atoms with E-state index < -0.39 is 0 Å². The number of benzene rings is 2. The molecule has 3 nitrogen and oxygen atoms in total. The van der Waals surface area contributed by atoms with E-state index in [0.717, 1.165) is 43.1 Å². The van der Waals surface area contributed by atoms with E-state index in [1.165, 1.54) is 12.8 Å². The molecule has 1 aliphatic rings. The number of carbonyl (C=O) groups excluding carboxylic acids is 1. The van der Waals surface area contributed by atoms with E-state index >= 15 is 0 Å². The van der Waals surface area contributed by atoms with Crippen LogP contribution in [0.5, 0.6) is 0 Å². The quantitative estimate of drug-likeness (QED) is 0.463. The van der Waals surface area contributed by atoms with Gasteiger partial charge >= 0.3 is 0 Å². The zero-order chi connectivity index (χ0) is 21.7. The number of halogens is 3. The first kappa shape index (κ1) is 23.4. The fourth-order valence-corrected chi connectivity index (χ4v) is 4.67. The molecular weight excluding hydrogens is 439 g/mol. The number of hydrogen-bond donors (Lipinski definition) is 0. The highest BCUT2D eigenvalue weighted by atomic mass is 35.5. The van der Waals surface area contributed by atoms with Gasteiger partial charge in [0.25, 0.3) is 0 Å². The van der Waals surface area contributed by atoms with E-state index in [-0.39, 0.29) is 11.8 Å². The molecule has 30 heavy (non-hydrogen) atoms. The fraction of sp³-hybridized carbons (Fsp3) is 0.458. The molecule has 1 aliphatic heterocycles. The molecule has 0 aliphatic carbocycles. The molecule has 0 aromatic heterocycles. The van der Waals surface area contributed by atoms with Crippen LogP contribution in [-0.4, -0.2) is 42.4 Å². The summed E-state index contributed by atoms with van der Waals surface area (Å²) in [5.41, 5.74) is 1.89. The Hall–Kier alpha value is -1.26. The second kappa shape index (κ2) is 10.9. The van der Waals surface area contributed by atoms with E-state index in [9.17, 15) is 4.79 Å². The lowest BCUT2D eigenvalue weighted by molar-refractivity contribution is -0.132. The first-order valence-corrected chi connectivity index (χ1v) is 11.6. The lowest BCUT2D eigenvalue weighted by atomic mass is 9.92. The maximum absolute atomic E-state index is 13.5. The second-order valence-electron chi connectivity index (χ2n) is 8.35. The van der Waals surface area contributed by atoms with E-state index in [2.05, 4.69) is 11.8 Å². The molecule has 0 spiro atoms. The highest BCUT2D eigenvalue weighted by Gasteiger charge is 2.27. The van der Waals surface area contributed by atoms with Gasteiger partial charge in [0, 0.05) is 28.7 Å². The molecule has 1 heterocycles. The molecule has 1 unspecified atom stereocenters. The lowest BCUT2D eigenvalue weighted by Crippen LogP contribution is -2.37. The van der Waals surface area contributed by atoms with E-state index in [0.29, 0.717) is 21.6 Å². The summed E-state index contributed by atoms with van der Waals surface area (Å²) in [5.74, 6) is 0.556. The fourth-order valence-electron chi connectivity index (χ4n) is 4.00. The summed E-state index contributed by atoms with van der Waals surface area (Å²) < 4.78 is 0. The summed E-state index contributed by atoms with van der Waals surface area (Å²) in [7, 11) is 1.84. The molecule has 2 aromatic rings. The molecule has 6 heteroatoms. The van der Waals surface area contributed by atoms with Gasteiger partial charge in [-0.2, -0.15) is 0 Å². The van der Waals surface area contributed by atoms with Gasteiger partial charge in [-0.3, -0.25) is 4.79 Å². The Morgan fingerprint density at radius 1 is 1.07 bits per heavy atom. The van der Waals surface area contributed by atoms with Crippen LogP contribution >= 0.6 is 34.8 Å². The first-order chi connectivity index (χ1) is 14.3. The third kappa shape index (κ3) is 6.37. The van der Waals surface area contributed by atoms with Crippen molar-refractivity contribution >= 4 is 40.7 Å². The molecule has 1 atom stereocenters. The second-order valence-corrected chi connectivity index (χ2v) is 9.63. The predicted molar refractivity (Wildman–Crippen MR) is 127 cm³/mol. The standard InChI is InChI=1S/C24H29Cl3N2O/c1-17-9-12-29(13-10-17)14-11-22(21-8-7-20(26)15-23(21)27)24(30)28(2)16-18-3-5-19(25)6-4-18/h3-8,15,17,22H,9-14,16H2,1-2H3. The van der Waals surface area contributed by atoms with Crippen LogP contribution in [-0.2, 0) is 11.3 Å². The van der Waals surface area contributed by atoms with Crippen molar-refractivity contribution in [1.82, 2.24) is 9.80 Å². The van der Waals surface area contributed by atoms with Gasteiger partial charge in [-0.15, -0.1) is 0 Å². The number of piperidine rings is 1. The first-order valence-electron chi connectivity index (χ1n) is 10.5. The molecule has 0 N–H and O–H groups in total. The predicted octanol–water partition coefficient (Wildman–Crippen LogP) is 6.51. The van der Waals surface area contributed by atoms with Crippen molar-refractivity contribution in [3.63, 3.8) is 0 Å². The molecule has 1 amide bonds. The van der Waals surface area contributed by atoms with Gasteiger partial charge in [-0.1, -0.05) is 59.9 Å². The molecule has 2 aromatic carbocycles. The van der Waals surface area contributed by atoms with E-state index in [1.54, 1.807) is 11.0 Å². The molecule has 3 rings (SSSR count). The van der Waals surface area contributed by atoms with Crippen LogP contribution in [0, 0.1) is 5.92 Å². The smallest absolute Gasteiger partial charge is 0.230 e. The van der Waals surface area contributed by atoms with E-state index in [1.807, 2.05) is 43.4 Å². The summed E-state index contributed by atoms with van der Waals surface area (Å²) in [6, 6.07) is 13.0. The van der Waals surface area contributed by atoms with Gasteiger partial charge in [0.05, 0.1) is 5.92 Å². The minimum absolute atomic E-state index is 0.0690. The van der Waals surface area contributed by atoms with Crippen LogP contribution in [0.1, 0.15) is 43.2 Å². The normalized spacial score (nSPS) is 16.4. The largest absolute Gasteiger partial charge is 0.341 e. The molecule has 1 saturated heterocycles. The average Bonchev–Trinajstić information content (AvgIpc) is 2.72. The Morgan fingerprint density at radius 2 is 1.70 bits per heavy atom. The highest BCUT2D eigenvalue weighted by Crippen LogP contribution is 2.32. The van der Waals surface area contributed by atoms with Crippen LogP contribution < -0.4 is 0 Å². The van der Waals surface area contributed by atoms with Gasteiger partial charge in [-0.25, -0.2) is 0 Å². The zero-order valence-corrected chi connectivity index (χ0v) is 19.9. The maximum atomic E-state index is 13.5. The Bertz CT molecular complexity index is 848. The minimum Gasteiger partial charge on any atom is -0.341 e. The summed E-state index contributed by atoms with van der Waals surface area (Å²) in [6.45, 7) is 5.91. The number of likely N-dealkylation sites (N-methyl/N-ethyl adjacent to an activating group) is 1. The summed E-state index contributed by atoms with van der Waals surface area (Å²) in [6.07, 6.45) is 3.17. The Kier molecular flexibility index (Phi) is 8.47. The third-order valence-electron chi connectivity index (χ3n) is 5.96. The maximum Gasteiger partial charge on any atom is 0.230 e. The molecule has 1 fully saturated rings. The summed E-state index contributed by atoms with van der Waals surface area (Å²) in [5, 5.41) is 1.82. The van der Waals surface area contributed by atoms with Crippen LogP contribution in [0.4, 0.5) is 0 Å². The van der Waals surface area contributed by atoms with Crippen LogP contribution in [0.25, 0.3) is 0 Å². The van der Waals surface area contributed by atoms with Crippen molar-refractivity contribution in [3.05, 3.63) is 68.7 Å². The van der Waals surface area contributed by atoms with Crippen molar-refractivity contribution in [2.45, 2.75) is 38.6 Å². The molecule has 162 valence electrons. The number of likely N-dealkylation sites (tertiary alicyclic amines) is 1. The topological polar surface area (TPSA) is 23.6 Å². The van der Waals surface area contributed by atoms with Crippen LogP contribution in [0.3, 0.4) is 0 Å². The van der Waals surface area contributed by atoms with Gasteiger partial charge in [0.15, 0.2) is 0 Å². The van der Waals surface area contributed by atoms with Crippen LogP contribution in [0.2, 0.25) is 15.1 Å². The van der Waals surface area contributed by atoms with Crippen LogP contribution in [0.15, 0.2) is 42.5 Å². The van der Waals surface area contributed by atoms with Crippen molar-refractivity contribution < 1.29 is 4.79 Å². The number of amides is 1. The van der Waals surface area contributed by atoms with Gasteiger partial charge < -0.3 is 9.80 Å². The Labute approximate surface area is 194 Å². The van der Waals surface area contributed by atoms with Crippen molar-refractivity contribution in [3.8, 4) is 0 Å². The minimum atomic E-state index is -0.300. The number of nitrogens with zero attached hydrogens (tertiary/aromatic N) is 2. The highest BCUT2D eigenvalue weighted by molar-refractivity contribution is 6.35. The molecular formula is C24H29Cl3N2O. The van der Waals surface area contributed by atoms with Gasteiger partial charge in [-0.05, 0) is 80.2 Å². The SMILES string of the molecule is CC1CCN(CCC(C(=O)N(C)Cc2ccc(Cl)cc2)c2ccc(Cl)cc2Cl)CC1.